The van der Waals surface area contributed by atoms with E-state index >= 15 is 0 Å². The van der Waals surface area contributed by atoms with Crippen LogP contribution in [0.25, 0.3) is 10.9 Å². The smallest absolute Gasteiger partial charge is 0.263 e. The van der Waals surface area contributed by atoms with E-state index in [1.807, 2.05) is 12.3 Å². The average Bonchev–Trinajstić information content (AvgIpc) is 2.73. The van der Waals surface area contributed by atoms with Crippen molar-refractivity contribution in [1.82, 2.24) is 14.9 Å². The van der Waals surface area contributed by atoms with Crippen molar-refractivity contribution in [2.24, 2.45) is 0 Å². The molecular formula is C13H13N3O3S. The van der Waals surface area contributed by atoms with Crippen LogP contribution in [0.5, 0.6) is 0 Å². The van der Waals surface area contributed by atoms with Crippen molar-refractivity contribution >= 4 is 34.1 Å². The topological polar surface area (TPSA) is 81.1 Å². The third-order valence-electron chi connectivity index (χ3n) is 3.54. The Morgan fingerprint density at radius 1 is 1.35 bits per heavy atom. The quantitative estimate of drug-likeness (QED) is 0.796. The van der Waals surface area contributed by atoms with Crippen molar-refractivity contribution in [2.45, 2.75) is 32.7 Å². The summed E-state index contributed by atoms with van der Waals surface area (Å²) in [6.07, 6.45) is 0.574. The van der Waals surface area contributed by atoms with Crippen molar-refractivity contribution in [2.75, 3.05) is 0 Å². The van der Waals surface area contributed by atoms with Gasteiger partial charge < -0.3 is 0 Å². The minimum atomic E-state index is -0.656. The van der Waals surface area contributed by atoms with Gasteiger partial charge in [0.15, 0.2) is 0 Å². The van der Waals surface area contributed by atoms with Crippen LogP contribution in [-0.4, -0.2) is 21.4 Å². The maximum absolute atomic E-state index is 12.6. The first-order valence-electron chi connectivity index (χ1n) is 6.29. The fraction of sp³-hybridized carbons (Fsp3) is 0.385. The maximum atomic E-state index is 12.6. The van der Waals surface area contributed by atoms with Gasteiger partial charge in [0.25, 0.3) is 5.56 Å². The summed E-state index contributed by atoms with van der Waals surface area (Å²) in [6, 6.07) is -0.656. The summed E-state index contributed by atoms with van der Waals surface area (Å²) in [5.41, 5.74) is 0.458. The molecule has 2 aromatic heterocycles. The molecule has 1 aliphatic heterocycles. The molecule has 1 fully saturated rings. The van der Waals surface area contributed by atoms with Crippen molar-refractivity contribution in [3.05, 3.63) is 26.4 Å². The summed E-state index contributed by atoms with van der Waals surface area (Å²) >= 11 is 1.47. The molecule has 3 heterocycles. The van der Waals surface area contributed by atoms with Crippen LogP contribution in [0.2, 0.25) is 0 Å². The summed E-state index contributed by atoms with van der Waals surface area (Å²) in [5, 5.41) is 4.68. The second kappa shape index (κ2) is 4.52. The number of carbonyl (C=O) groups excluding carboxylic acids is 2. The second-order valence-corrected chi connectivity index (χ2v) is 5.94. The number of imide groups is 1. The number of hydrogen-bond acceptors (Lipinski definition) is 5. The van der Waals surface area contributed by atoms with Gasteiger partial charge in [-0.3, -0.25) is 24.3 Å². The van der Waals surface area contributed by atoms with Crippen molar-refractivity contribution in [3.63, 3.8) is 0 Å². The highest BCUT2D eigenvalue weighted by atomic mass is 32.1. The van der Waals surface area contributed by atoms with E-state index in [4.69, 9.17) is 0 Å². The Balaban J connectivity index is 2.21. The molecule has 104 valence electrons. The minimum Gasteiger partial charge on any atom is -0.295 e. The predicted molar refractivity (Wildman–Crippen MR) is 74.8 cm³/mol. The lowest BCUT2D eigenvalue weighted by molar-refractivity contribution is -0.135. The molecule has 2 amide bonds. The normalized spacial score (nSPS) is 19.4. The lowest BCUT2D eigenvalue weighted by Crippen LogP contribution is -2.45. The Labute approximate surface area is 118 Å². The fourth-order valence-corrected chi connectivity index (χ4v) is 3.34. The molecular weight excluding hydrogens is 278 g/mol. The van der Waals surface area contributed by atoms with E-state index < -0.39 is 11.9 Å². The van der Waals surface area contributed by atoms with Gasteiger partial charge in [-0.15, -0.1) is 11.3 Å². The summed E-state index contributed by atoms with van der Waals surface area (Å²) < 4.78 is 1.41. The maximum Gasteiger partial charge on any atom is 0.263 e. The molecule has 0 aliphatic carbocycles. The Kier molecular flexibility index (Phi) is 2.93. The van der Waals surface area contributed by atoms with Crippen LogP contribution < -0.4 is 10.9 Å². The van der Waals surface area contributed by atoms with Gasteiger partial charge in [-0.25, -0.2) is 4.98 Å². The zero-order valence-electron chi connectivity index (χ0n) is 11.1. The predicted octanol–water partition coefficient (Wildman–Crippen LogP) is 1.05. The molecule has 2 aromatic rings. The molecule has 1 saturated heterocycles. The Morgan fingerprint density at radius 2 is 2.10 bits per heavy atom. The van der Waals surface area contributed by atoms with Gasteiger partial charge in [-0.2, -0.15) is 0 Å². The molecule has 6 nitrogen and oxygen atoms in total. The number of rotatable bonds is 1. The van der Waals surface area contributed by atoms with Crippen molar-refractivity contribution < 1.29 is 9.59 Å². The summed E-state index contributed by atoms with van der Waals surface area (Å²) in [4.78, 5) is 41.1. The molecule has 1 unspecified atom stereocenters. The van der Waals surface area contributed by atoms with Gasteiger partial charge in [0.05, 0.1) is 10.9 Å². The molecule has 3 rings (SSSR count). The SMILES string of the molecule is Cc1scc2nc(C)n(C3CCC(=O)NC3=O)c(=O)c12. The monoisotopic (exact) mass is 291 g/mol. The molecule has 1 aliphatic rings. The number of carbonyl (C=O) groups is 2. The minimum absolute atomic E-state index is 0.208. The molecule has 0 saturated carbocycles. The number of nitrogens with one attached hydrogen (secondary N) is 1. The lowest BCUT2D eigenvalue weighted by Gasteiger charge is -2.24. The van der Waals surface area contributed by atoms with Gasteiger partial charge in [0, 0.05) is 16.7 Å². The molecule has 20 heavy (non-hydrogen) atoms. The zero-order chi connectivity index (χ0) is 14.4. The molecule has 7 heteroatoms. The number of aryl methyl sites for hydroxylation is 2. The number of fused-ring (bicyclic) bond motifs is 1. The average molecular weight is 291 g/mol. The fourth-order valence-electron chi connectivity index (χ4n) is 2.58. The van der Waals surface area contributed by atoms with Crippen LogP contribution in [0.1, 0.15) is 29.6 Å². The number of hydrogen-bond donors (Lipinski definition) is 1. The first-order chi connectivity index (χ1) is 9.49. The van der Waals surface area contributed by atoms with Crippen LogP contribution in [-0.2, 0) is 9.59 Å². The van der Waals surface area contributed by atoms with Gasteiger partial charge in [0.2, 0.25) is 11.8 Å². The van der Waals surface area contributed by atoms with Crippen LogP contribution in [0.3, 0.4) is 0 Å². The van der Waals surface area contributed by atoms with Gasteiger partial charge in [-0.05, 0) is 20.3 Å². The van der Waals surface area contributed by atoms with Gasteiger partial charge in [0.1, 0.15) is 11.9 Å². The molecule has 0 bridgehead atoms. The van der Waals surface area contributed by atoms with E-state index in [9.17, 15) is 14.4 Å². The second-order valence-electron chi connectivity index (χ2n) is 4.85. The molecule has 0 aromatic carbocycles. The lowest BCUT2D eigenvalue weighted by atomic mass is 10.1. The summed E-state index contributed by atoms with van der Waals surface area (Å²) in [5.74, 6) is -0.229. The van der Waals surface area contributed by atoms with E-state index in [0.29, 0.717) is 23.1 Å². The first kappa shape index (κ1) is 13.0. The highest BCUT2D eigenvalue weighted by Gasteiger charge is 2.30. The van der Waals surface area contributed by atoms with E-state index in [-0.39, 0.29) is 17.9 Å². The number of aromatic nitrogens is 2. The van der Waals surface area contributed by atoms with Crippen LogP contribution in [0.15, 0.2) is 10.2 Å². The van der Waals surface area contributed by atoms with Crippen molar-refractivity contribution in [3.8, 4) is 0 Å². The molecule has 1 atom stereocenters. The Morgan fingerprint density at radius 3 is 2.80 bits per heavy atom. The third kappa shape index (κ3) is 1.85. The highest BCUT2D eigenvalue weighted by molar-refractivity contribution is 7.11. The third-order valence-corrected chi connectivity index (χ3v) is 4.44. The number of thiophene rings is 1. The van der Waals surface area contributed by atoms with Gasteiger partial charge in [-0.1, -0.05) is 0 Å². The Bertz CT molecular complexity index is 790. The van der Waals surface area contributed by atoms with E-state index in [2.05, 4.69) is 10.3 Å². The molecule has 0 radical (unpaired) electrons. The molecule has 1 N–H and O–H groups in total. The standard InChI is InChI=1S/C13H13N3O3S/c1-6-11-8(5-20-6)14-7(2)16(13(11)19)9-3-4-10(17)15-12(9)18/h5,9H,3-4H2,1-2H3,(H,15,17,18). The first-order valence-corrected chi connectivity index (χ1v) is 7.17. The summed E-state index contributed by atoms with van der Waals surface area (Å²) in [6.45, 7) is 3.57. The Hall–Kier alpha value is -2.02. The number of piperidine rings is 1. The highest BCUT2D eigenvalue weighted by Crippen LogP contribution is 2.23. The largest absolute Gasteiger partial charge is 0.295 e. The van der Waals surface area contributed by atoms with E-state index in [1.165, 1.54) is 15.9 Å². The van der Waals surface area contributed by atoms with E-state index in [0.717, 1.165) is 4.88 Å². The zero-order valence-corrected chi connectivity index (χ0v) is 11.9. The van der Waals surface area contributed by atoms with Gasteiger partial charge >= 0.3 is 0 Å². The summed E-state index contributed by atoms with van der Waals surface area (Å²) in [7, 11) is 0. The van der Waals surface area contributed by atoms with Crippen LogP contribution in [0.4, 0.5) is 0 Å². The van der Waals surface area contributed by atoms with Crippen LogP contribution in [0, 0.1) is 13.8 Å². The number of nitrogens with zero attached hydrogens (tertiary/aromatic N) is 2. The molecule has 0 spiro atoms. The van der Waals surface area contributed by atoms with Crippen molar-refractivity contribution in [1.29, 1.82) is 0 Å². The van der Waals surface area contributed by atoms with Crippen LogP contribution >= 0.6 is 11.3 Å². The number of amides is 2. The van der Waals surface area contributed by atoms with E-state index in [1.54, 1.807) is 6.92 Å².